The smallest absolute Gasteiger partial charge is 0.406 e. The van der Waals surface area contributed by atoms with Crippen molar-refractivity contribution in [3.05, 3.63) is 48.4 Å². The molecule has 0 spiro atoms. The first-order valence-corrected chi connectivity index (χ1v) is 9.81. The average Bonchev–Trinajstić information content (AvgIpc) is 3.29. The molecule has 0 N–H and O–H groups in total. The van der Waals surface area contributed by atoms with Crippen LogP contribution < -0.4 is 4.90 Å². The topological polar surface area (TPSA) is 53.8 Å². The maximum Gasteiger partial charge on any atom is 0.406 e. The number of anilines is 1. The Balaban J connectivity index is 1.74. The van der Waals surface area contributed by atoms with E-state index in [-0.39, 0.29) is 31.2 Å². The van der Waals surface area contributed by atoms with Crippen molar-refractivity contribution in [2.45, 2.75) is 24.0 Å². The molecule has 1 unspecified atom stereocenters. The standard InChI is InChI=1S/C19H19F3N2O3S/c1-28-16-6-4-14(5-7-16)24-10-13(9-17(24)25)18(26)23(12-19(20,21)22)11-15-3-2-8-27-15/h2-8,13H,9-12H2,1H3. The molecule has 2 aromatic rings. The molecule has 1 aliphatic heterocycles. The predicted molar refractivity (Wildman–Crippen MR) is 98.9 cm³/mol. The predicted octanol–water partition coefficient (Wildman–Crippen LogP) is 3.95. The summed E-state index contributed by atoms with van der Waals surface area (Å²) in [6.45, 7) is -1.62. The van der Waals surface area contributed by atoms with E-state index in [9.17, 15) is 22.8 Å². The number of hydrogen-bond donors (Lipinski definition) is 0. The summed E-state index contributed by atoms with van der Waals surface area (Å²) >= 11 is 1.56. The van der Waals surface area contributed by atoms with Crippen LogP contribution in [0.4, 0.5) is 18.9 Å². The fourth-order valence-corrected chi connectivity index (χ4v) is 3.57. The highest BCUT2D eigenvalue weighted by molar-refractivity contribution is 7.98. The molecule has 28 heavy (non-hydrogen) atoms. The van der Waals surface area contributed by atoms with E-state index in [2.05, 4.69) is 0 Å². The minimum Gasteiger partial charge on any atom is -0.467 e. The third-order valence-electron chi connectivity index (χ3n) is 4.47. The molecule has 1 aromatic carbocycles. The second-order valence-electron chi connectivity index (χ2n) is 6.49. The molecule has 0 aliphatic carbocycles. The Hall–Kier alpha value is -2.42. The summed E-state index contributed by atoms with van der Waals surface area (Å²) in [5, 5.41) is 0. The zero-order chi connectivity index (χ0) is 20.3. The molecule has 1 fully saturated rings. The van der Waals surface area contributed by atoms with E-state index in [1.165, 1.54) is 17.2 Å². The molecule has 5 nitrogen and oxygen atoms in total. The molecule has 9 heteroatoms. The summed E-state index contributed by atoms with van der Waals surface area (Å²) in [6.07, 6.45) is -1.39. The van der Waals surface area contributed by atoms with Gasteiger partial charge in [0, 0.05) is 23.5 Å². The van der Waals surface area contributed by atoms with Gasteiger partial charge in [0.25, 0.3) is 0 Å². The van der Waals surface area contributed by atoms with Crippen LogP contribution in [-0.2, 0) is 16.1 Å². The van der Waals surface area contributed by atoms with Gasteiger partial charge in [-0.1, -0.05) is 0 Å². The van der Waals surface area contributed by atoms with Crippen molar-refractivity contribution in [3.8, 4) is 0 Å². The first-order valence-electron chi connectivity index (χ1n) is 8.59. The van der Waals surface area contributed by atoms with Gasteiger partial charge in [-0.2, -0.15) is 13.2 Å². The summed E-state index contributed by atoms with van der Waals surface area (Å²) in [7, 11) is 0. The largest absolute Gasteiger partial charge is 0.467 e. The highest BCUT2D eigenvalue weighted by Gasteiger charge is 2.40. The van der Waals surface area contributed by atoms with Crippen LogP contribution in [0.1, 0.15) is 12.2 Å². The third-order valence-corrected chi connectivity index (χ3v) is 5.21. The molecular weight excluding hydrogens is 393 g/mol. The quantitative estimate of drug-likeness (QED) is 0.675. The molecular formula is C19H19F3N2O3S. The lowest BCUT2D eigenvalue weighted by Crippen LogP contribution is -2.42. The van der Waals surface area contributed by atoms with E-state index in [1.807, 2.05) is 18.4 Å². The van der Waals surface area contributed by atoms with Crippen LogP contribution in [0.15, 0.2) is 52.0 Å². The number of furan rings is 1. The number of alkyl halides is 3. The zero-order valence-electron chi connectivity index (χ0n) is 15.1. The molecule has 2 amide bonds. The Labute approximate surface area is 164 Å². The Bertz CT molecular complexity index is 822. The van der Waals surface area contributed by atoms with E-state index in [0.29, 0.717) is 10.6 Å². The maximum atomic E-state index is 13.0. The number of carbonyl (C=O) groups excluding carboxylic acids is 2. The van der Waals surface area contributed by atoms with E-state index in [1.54, 1.807) is 30.0 Å². The molecule has 0 bridgehead atoms. The number of thioether (sulfide) groups is 1. The van der Waals surface area contributed by atoms with Crippen LogP contribution in [0.5, 0.6) is 0 Å². The second kappa shape index (κ2) is 8.30. The van der Waals surface area contributed by atoms with E-state index in [4.69, 9.17) is 4.42 Å². The summed E-state index contributed by atoms with van der Waals surface area (Å²) in [5.74, 6) is -1.55. The summed E-state index contributed by atoms with van der Waals surface area (Å²) < 4.78 is 44.0. The van der Waals surface area contributed by atoms with Gasteiger partial charge in [-0.15, -0.1) is 11.8 Å². The molecule has 2 heterocycles. The first-order chi connectivity index (χ1) is 13.3. The Morgan fingerprint density at radius 1 is 1.29 bits per heavy atom. The average molecular weight is 412 g/mol. The Kier molecular flexibility index (Phi) is 6.02. The van der Waals surface area contributed by atoms with Crippen LogP contribution >= 0.6 is 11.8 Å². The first kappa shape index (κ1) is 20.3. The normalized spacial score (nSPS) is 17.2. The van der Waals surface area contributed by atoms with Crippen molar-refractivity contribution in [1.82, 2.24) is 4.90 Å². The van der Waals surface area contributed by atoms with Gasteiger partial charge in [-0.3, -0.25) is 9.59 Å². The van der Waals surface area contributed by atoms with Crippen LogP contribution in [0.2, 0.25) is 0 Å². The van der Waals surface area contributed by atoms with Crippen molar-refractivity contribution in [3.63, 3.8) is 0 Å². The molecule has 0 radical (unpaired) electrons. The summed E-state index contributed by atoms with van der Waals surface area (Å²) in [6, 6.07) is 10.3. The Morgan fingerprint density at radius 2 is 2.00 bits per heavy atom. The summed E-state index contributed by atoms with van der Waals surface area (Å²) in [4.78, 5) is 28.3. The minimum absolute atomic E-state index is 0.0583. The molecule has 0 saturated carbocycles. The lowest BCUT2D eigenvalue weighted by atomic mass is 10.1. The van der Waals surface area contributed by atoms with E-state index in [0.717, 1.165) is 4.90 Å². The minimum atomic E-state index is -4.54. The number of amides is 2. The molecule has 1 saturated heterocycles. The number of benzene rings is 1. The van der Waals surface area contributed by atoms with Gasteiger partial charge in [0.1, 0.15) is 12.3 Å². The van der Waals surface area contributed by atoms with E-state index >= 15 is 0 Å². The lowest BCUT2D eigenvalue weighted by Gasteiger charge is -2.26. The van der Waals surface area contributed by atoms with Crippen molar-refractivity contribution in [2.75, 3.05) is 24.2 Å². The number of hydrogen-bond acceptors (Lipinski definition) is 4. The molecule has 1 atom stereocenters. The number of rotatable bonds is 6. The Morgan fingerprint density at radius 3 is 2.57 bits per heavy atom. The van der Waals surface area contributed by atoms with Crippen molar-refractivity contribution in [2.24, 2.45) is 5.92 Å². The van der Waals surface area contributed by atoms with Gasteiger partial charge < -0.3 is 14.2 Å². The molecule has 3 rings (SSSR count). The maximum absolute atomic E-state index is 13.0. The van der Waals surface area contributed by atoms with Crippen LogP contribution in [0.3, 0.4) is 0 Å². The lowest BCUT2D eigenvalue weighted by molar-refractivity contribution is -0.165. The van der Waals surface area contributed by atoms with Crippen LogP contribution in [0.25, 0.3) is 0 Å². The van der Waals surface area contributed by atoms with Gasteiger partial charge in [0.05, 0.1) is 18.7 Å². The zero-order valence-corrected chi connectivity index (χ0v) is 15.9. The fraction of sp³-hybridized carbons (Fsp3) is 0.368. The SMILES string of the molecule is CSc1ccc(N2CC(C(=O)N(Cc3ccco3)CC(F)(F)F)CC2=O)cc1. The number of halogens is 3. The molecule has 1 aliphatic rings. The van der Waals surface area contributed by atoms with Gasteiger partial charge in [-0.25, -0.2) is 0 Å². The van der Waals surface area contributed by atoms with E-state index < -0.39 is 24.5 Å². The molecule has 1 aromatic heterocycles. The van der Waals surface area contributed by atoms with Crippen molar-refractivity contribution in [1.29, 1.82) is 0 Å². The second-order valence-corrected chi connectivity index (χ2v) is 7.37. The van der Waals surface area contributed by atoms with Gasteiger partial charge >= 0.3 is 6.18 Å². The van der Waals surface area contributed by atoms with Crippen molar-refractivity contribution >= 4 is 29.3 Å². The number of nitrogens with zero attached hydrogens (tertiary/aromatic N) is 2. The highest BCUT2D eigenvalue weighted by atomic mass is 32.2. The molecule has 150 valence electrons. The van der Waals surface area contributed by atoms with Gasteiger partial charge in [0.15, 0.2) is 0 Å². The fourth-order valence-electron chi connectivity index (χ4n) is 3.16. The monoisotopic (exact) mass is 412 g/mol. The van der Waals surface area contributed by atoms with Gasteiger partial charge in [0.2, 0.25) is 11.8 Å². The van der Waals surface area contributed by atoms with Crippen LogP contribution in [0, 0.1) is 5.92 Å². The van der Waals surface area contributed by atoms with Crippen molar-refractivity contribution < 1.29 is 27.2 Å². The highest BCUT2D eigenvalue weighted by Crippen LogP contribution is 2.29. The number of carbonyl (C=O) groups is 2. The third kappa shape index (κ3) is 4.89. The summed E-state index contributed by atoms with van der Waals surface area (Å²) in [5.41, 5.74) is 0.631. The van der Waals surface area contributed by atoms with Crippen LogP contribution in [-0.4, -0.2) is 42.2 Å². The van der Waals surface area contributed by atoms with Gasteiger partial charge in [-0.05, 0) is 42.7 Å².